The van der Waals surface area contributed by atoms with Crippen molar-refractivity contribution >= 4 is 5.97 Å². The van der Waals surface area contributed by atoms with Gasteiger partial charge in [-0.1, -0.05) is 0 Å². The Bertz CT molecular complexity index is 75.4. The molecule has 4 nitrogen and oxygen atoms in total. The molecule has 9 heavy (non-hydrogen) atoms. The largest absolute Gasteiger partial charge is 0.480 e. The van der Waals surface area contributed by atoms with Crippen molar-refractivity contribution in [3.63, 3.8) is 0 Å². The van der Waals surface area contributed by atoms with Crippen LogP contribution in [0.2, 0.25) is 0 Å². The molecule has 0 unspecified atom stereocenters. The first-order chi connectivity index (χ1) is 4.18. The quantitative estimate of drug-likeness (QED) is 0.464. The number of carboxylic acid groups (broad SMARTS) is 1. The van der Waals surface area contributed by atoms with Gasteiger partial charge in [0, 0.05) is 0 Å². The summed E-state index contributed by atoms with van der Waals surface area (Å²) in [7, 11) is 3.11. The highest BCUT2D eigenvalue weighted by Gasteiger charge is 2.04. The topological polar surface area (TPSA) is 75.3 Å². The summed E-state index contributed by atoms with van der Waals surface area (Å²) in [6.07, 6.45) is 0. The number of nitrogens with one attached hydrogen (secondary N) is 1. The molecule has 0 saturated heterocycles. The molecule has 0 amide bonds. The molecule has 0 bridgehead atoms. The number of carbonyl (C=O) groups is 1. The highest BCUT2D eigenvalue weighted by Crippen LogP contribution is 1.74. The van der Waals surface area contributed by atoms with Gasteiger partial charge in [0.05, 0.1) is 0 Å². The Morgan fingerprint density at radius 1 is 1.67 bits per heavy atom. The third-order valence-corrected chi connectivity index (χ3v) is 0.803. The molecule has 0 fully saturated rings. The lowest BCUT2D eigenvalue weighted by Gasteiger charge is -1.99. The number of rotatable bonds is 2. The first kappa shape index (κ1) is 11.2. The molecule has 0 heterocycles. The number of hydrogen-bond acceptors (Lipinski definition) is 3. The maximum absolute atomic E-state index is 9.87. The van der Waals surface area contributed by atoms with E-state index in [1.54, 1.807) is 14.0 Å². The number of nitrogens with two attached hydrogens (primary N) is 1. The minimum Gasteiger partial charge on any atom is -0.480 e. The third-order valence-electron chi connectivity index (χ3n) is 0.803. The summed E-state index contributed by atoms with van der Waals surface area (Å²) in [5, 5.41) is 10.7. The third kappa shape index (κ3) is 7.39. The number of aliphatic carboxylic acids is 1. The molecule has 0 aliphatic heterocycles. The molecular weight excluding hydrogens is 120 g/mol. The summed E-state index contributed by atoms with van der Waals surface area (Å²) in [5.41, 5.74) is 4.50. The number of likely N-dealkylation sites (N-methyl/N-ethyl adjacent to an activating group) is 1. The van der Waals surface area contributed by atoms with Crippen LogP contribution in [0.1, 0.15) is 6.92 Å². The fourth-order valence-corrected chi connectivity index (χ4v) is 0.123. The van der Waals surface area contributed by atoms with Gasteiger partial charge in [0.15, 0.2) is 0 Å². The molecule has 4 heteroatoms. The molecule has 0 aromatic heterocycles. The van der Waals surface area contributed by atoms with Crippen LogP contribution < -0.4 is 11.1 Å². The predicted octanol–water partition coefficient (Wildman–Crippen LogP) is -0.746. The van der Waals surface area contributed by atoms with E-state index in [1.807, 2.05) is 0 Å². The summed E-state index contributed by atoms with van der Waals surface area (Å²) in [6, 6.07) is -0.431. The maximum atomic E-state index is 9.87. The molecule has 0 saturated carbocycles. The summed E-state index contributed by atoms with van der Waals surface area (Å²) in [5.74, 6) is -0.817. The van der Waals surface area contributed by atoms with Gasteiger partial charge in [-0.15, -0.1) is 0 Å². The monoisotopic (exact) mass is 134 g/mol. The van der Waals surface area contributed by atoms with Gasteiger partial charge in [-0.3, -0.25) is 4.79 Å². The second-order valence-corrected chi connectivity index (χ2v) is 1.35. The Hall–Kier alpha value is -0.610. The van der Waals surface area contributed by atoms with Crippen molar-refractivity contribution in [3.05, 3.63) is 0 Å². The molecule has 0 aromatic rings. The van der Waals surface area contributed by atoms with Crippen LogP contribution in [0.4, 0.5) is 0 Å². The maximum Gasteiger partial charge on any atom is 0.320 e. The van der Waals surface area contributed by atoms with Crippen molar-refractivity contribution in [1.29, 1.82) is 0 Å². The summed E-state index contributed by atoms with van der Waals surface area (Å²) >= 11 is 0. The van der Waals surface area contributed by atoms with Crippen molar-refractivity contribution in [1.82, 2.24) is 5.32 Å². The van der Waals surface area contributed by atoms with Gasteiger partial charge < -0.3 is 16.2 Å². The smallest absolute Gasteiger partial charge is 0.320 e. The number of carboxylic acids is 1. The molecule has 0 radical (unpaired) electrons. The molecular formula is C5H14N2O2. The van der Waals surface area contributed by atoms with Crippen LogP contribution in [-0.2, 0) is 4.79 Å². The van der Waals surface area contributed by atoms with Gasteiger partial charge in [0.2, 0.25) is 0 Å². The Kier molecular flexibility index (Phi) is 9.21. The summed E-state index contributed by atoms with van der Waals surface area (Å²) in [4.78, 5) is 9.87. The van der Waals surface area contributed by atoms with Gasteiger partial charge in [0.1, 0.15) is 6.04 Å². The average Bonchev–Trinajstić information content (AvgIpc) is 1.91. The molecule has 0 aliphatic rings. The lowest BCUT2D eigenvalue weighted by molar-refractivity contribution is -0.138. The zero-order valence-corrected chi connectivity index (χ0v) is 6.01. The molecule has 56 valence electrons. The van der Waals surface area contributed by atoms with Gasteiger partial charge in [0.25, 0.3) is 0 Å². The van der Waals surface area contributed by atoms with Crippen molar-refractivity contribution in [3.8, 4) is 0 Å². The van der Waals surface area contributed by atoms with Crippen LogP contribution in [0.15, 0.2) is 0 Å². The fraction of sp³-hybridized carbons (Fsp3) is 0.800. The van der Waals surface area contributed by atoms with Crippen LogP contribution in [0.5, 0.6) is 0 Å². The second-order valence-electron chi connectivity index (χ2n) is 1.35. The number of hydrogen-bond donors (Lipinski definition) is 3. The van der Waals surface area contributed by atoms with Gasteiger partial charge in [-0.05, 0) is 21.0 Å². The molecule has 0 rings (SSSR count). The first-order valence-corrected chi connectivity index (χ1v) is 2.66. The normalized spacial score (nSPS) is 11.1. The Morgan fingerprint density at radius 3 is 2.00 bits per heavy atom. The zero-order chi connectivity index (χ0) is 7.86. The highest BCUT2D eigenvalue weighted by molar-refractivity contribution is 5.72. The Balaban J connectivity index is 0. The van der Waals surface area contributed by atoms with E-state index in [2.05, 4.69) is 11.1 Å². The van der Waals surface area contributed by atoms with Crippen LogP contribution in [0.3, 0.4) is 0 Å². The van der Waals surface area contributed by atoms with Crippen molar-refractivity contribution < 1.29 is 9.90 Å². The van der Waals surface area contributed by atoms with E-state index in [1.165, 1.54) is 7.05 Å². The summed E-state index contributed by atoms with van der Waals surface area (Å²) in [6.45, 7) is 1.59. The van der Waals surface area contributed by atoms with Crippen LogP contribution in [0, 0.1) is 0 Å². The van der Waals surface area contributed by atoms with Gasteiger partial charge in [-0.2, -0.15) is 0 Å². The van der Waals surface area contributed by atoms with Crippen LogP contribution >= 0.6 is 0 Å². The van der Waals surface area contributed by atoms with Crippen LogP contribution in [0.25, 0.3) is 0 Å². The van der Waals surface area contributed by atoms with Crippen molar-refractivity contribution in [2.24, 2.45) is 5.73 Å². The Morgan fingerprint density at radius 2 is 2.00 bits per heavy atom. The zero-order valence-electron chi connectivity index (χ0n) is 6.01. The Labute approximate surface area is 55.1 Å². The fourth-order valence-electron chi connectivity index (χ4n) is 0.123. The minimum absolute atomic E-state index is 0.431. The molecule has 0 aromatic carbocycles. The second kappa shape index (κ2) is 7.39. The summed E-state index contributed by atoms with van der Waals surface area (Å²) < 4.78 is 0. The van der Waals surface area contributed by atoms with E-state index in [0.29, 0.717) is 0 Å². The van der Waals surface area contributed by atoms with E-state index in [-0.39, 0.29) is 0 Å². The highest BCUT2D eigenvalue weighted by atomic mass is 16.4. The molecule has 1 atom stereocenters. The molecule has 4 N–H and O–H groups in total. The van der Waals surface area contributed by atoms with E-state index in [0.717, 1.165) is 0 Å². The van der Waals surface area contributed by atoms with Crippen molar-refractivity contribution in [2.45, 2.75) is 13.0 Å². The van der Waals surface area contributed by atoms with Crippen LogP contribution in [-0.4, -0.2) is 31.2 Å². The molecule has 0 aliphatic carbocycles. The predicted molar refractivity (Wildman–Crippen MR) is 36.3 cm³/mol. The van der Waals surface area contributed by atoms with Gasteiger partial charge >= 0.3 is 5.97 Å². The van der Waals surface area contributed by atoms with Gasteiger partial charge in [-0.25, -0.2) is 0 Å². The minimum atomic E-state index is -0.817. The lowest BCUT2D eigenvalue weighted by atomic mass is 10.4. The standard InChI is InChI=1S/C4H9NO2.CH5N/c1-3(5-2)4(6)7;1-2/h3,5H,1-2H3,(H,6,7);2H2,1H3/t3-;/m1./s1. The van der Waals surface area contributed by atoms with E-state index >= 15 is 0 Å². The average molecular weight is 134 g/mol. The van der Waals surface area contributed by atoms with Crippen molar-refractivity contribution in [2.75, 3.05) is 14.1 Å². The molecule has 0 spiro atoms. The van der Waals surface area contributed by atoms with E-state index < -0.39 is 12.0 Å². The SMILES string of the molecule is CN.CN[C@H](C)C(=O)O. The lowest BCUT2D eigenvalue weighted by Crippen LogP contribution is -2.29. The van der Waals surface area contributed by atoms with E-state index in [4.69, 9.17) is 5.11 Å². The van der Waals surface area contributed by atoms with E-state index in [9.17, 15) is 4.79 Å². The first-order valence-electron chi connectivity index (χ1n) is 2.66.